The van der Waals surface area contributed by atoms with Crippen LogP contribution in [-0.2, 0) is 20.8 Å². The maximum absolute atomic E-state index is 12.2. The van der Waals surface area contributed by atoms with Crippen LogP contribution in [0.5, 0.6) is 0 Å². The van der Waals surface area contributed by atoms with E-state index in [2.05, 4.69) is 16.3 Å². The van der Waals surface area contributed by atoms with Gasteiger partial charge in [0.15, 0.2) is 5.16 Å². The van der Waals surface area contributed by atoms with Crippen molar-refractivity contribution < 1.29 is 27.4 Å². The molecule has 1 heterocycles. The number of aryl methyl sites for hydroxylation is 1. The topological polar surface area (TPSA) is 70.4 Å². The van der Waals surface area contributed by atoms with E-state index in [1.165, 1.54) is 22.5 Å². The average Bonchev–Trinajstić information content (AvgIpc) is 2.60. The molecule has 1 aromatic heterocycles. The van der Waals surface area contributed by atoms with Crippen LogP contribution in [-0.4, -0.2) is 40.8 Å². The Balaban J connectivity index is 2.39. The number of halogens is 3. The summed E-state index contributed by atoms with van der Waals surface area (Å²) in [7, 11) is 0. The van der Waals surface area contributed by atoms with Crippen molar-refractivity contribution >= 4 is 17.7 Å². The Labute approximate surface area is 166 Å². The molecule has 0 saturated carbocycles. The standard InChI is InChI=1S/C18H25F3N2O4S/c1-13(2)16(25)26-9-6-4-5-7-11-28-17-22-12-14(3)15(24)23(17)8-10-27-18(19,20)21/h12H,1,4-11H2,2-3H3. The summed E-state index contributed by atoms with van der Waals surface area (Å²) in [4.78, 5) is 27.6. The van der Waals surface area contributed by atoms with Crippen LogP contribution in [0.2, 0.25) is 0 Å². The van der Waals surface area contributed by atoms with Gasteiger partial charge in [0, 0.05) is 23.1 Å². The van der Waals surface area contributed by atoms with E-state index in [0.717, 1.165) is 25.7 Å². The first-order valence-electron chi connectivity index (χ1n) is 8.84. The molecular formula is C18H25F3N2O4S. The SMILES string of the molecule is C=C(C)C(=O)OCCCCCCSc1ncc(C)c(=O)n1CCOC(F)(F)F. The molecule has 0 aliphatic rings. The number of carbonyl (C=O) groups excluding carboxylic acids is 1. The smallest absolute Gasteiger partial charge is 0.462 e. The first kappa shape index (κ1) is 24.2. The summed E-state index contributed by atoms with van der Waals surface area (Å²) < 4.78 is 46.4. The van der Waals surface area contributed by atoms with Gasteiger partial charge in [-0.2, -0.15) is 0 Å². The zero-order chi connectivity index (χ0) is 21.2. The fraction of sp³-hybridized carbons (Fsp3) is 0.611. The zero-order valence-corrected chi connectivity index (χ0v) is 16.8. The Hall–Kier alpha value is -1.81. The summed E-state index contributed by atoms with van der Waals surface area (Å²) in [6, 6.07) is 0. The van der Waals surface area contributed by atoms with Crippen molar-refractivity contribution in [1.29, 1.82) is 0 Å². The number of aromatic nitrogens is 2. The second kappa shape index (κ2) is 11.9. The Bertz CT molecular complexity index is 720. The molecule has 0 amide bonds. The quantitative estimate of drug-likeness (QED) is 0.168. The molecule has 0 atom stereocenters. The molecule has 0 N–H and O–H groups in total. The molecule has 0 saturated heterocycles. The molecule has 1 aromatic rings. The van der Waals surface area contributed by atoms with Gasteiger partial charge in [-0.1, -0.05) is 31.2 Å². The monoisotopic (exact) mass is 422 g/mol. The van der Waals surface area contributed by atoms with Crippen molar-refractivity contribution in [2.45, 2.75) is 57.6 Å². The number of ether oxygens (including phenoxy) is 2. The summed E-state index contributed by atoms with van der Waals surface area (Å²) in [5.74, 6) is 0.273. The summed E-state index contributed by atoms with van der Waals surface area (Å²) in [6.07, 6.45) is 0.0327. The lowest BCUT2D eigenvalue weighted by Crippen LogP contribution is -2.28. The highest BCUT2D eigenvalue weighted by Gasteiger charge is 2.28. The van der Waals surface area contributed by atoms with E-state index < -0.39 is 18.9 Å². The normalized spacial score (nSPS) is 11.5. The number of hydrogen-bond donors (Lipinski definition) is 0. The lowest BCUT2D eigenvalue weighted by atomic mass is 10.2. The van der Waals surface area contributed by atoms with Crippen LogP contribution in [0.3, 0.4) is 0 Å². The van der Waals surface area contributed by atoms with E-state index in [-0.39, 0.29) is 12.1 Å². The number of carbonyl (C=O) groups is 1. The highest BCUT2D eigenvalue weighted by molar-refractivity contribution is 7.99. The summed E-state index contributed by atoms with van der Waals surface area (Å²) in [5.41, 5.74) is 0.358. The van der Waals surface area contributed by atoms with Crippen molar-refractivity contribution in [3.8, 4) is 0 Å². The van der Waals surface area contributed by atoms with E-state index in [1.54, 1.807) is 13.8 Å². The summed E-state index contributed by atoms with van der Waals surface area (Å²) >= 11 is 1.32. The number of rotatable bonds is 12. The number of alkyl halides is 3. The molecule has 158 valence electrons. The maximum atomic E-state index is 12.2. The Kier molecular flexibility index (Phi) is 10.3. The van der Waals surface area contributed by atoms with Crippen molar-refractivity contribution in [1.82, 2.24) is 9.55 Å². The van der Waals surface area contributed by atoms with Crippen molar-refractivity contribution in [2.24, 2.45) is 0 Å². The van der Waals surface area contributed by atoms with Crippen molar-refractivity contribution in [3.05, 3.63) is 34.3 Å². The zero-order valence-electron chi connectivity index (χ0n) is 16.0. The molecule has 0 aromatic carbocycles. The predicted molar refractivity (Wildman–Crippen MR) is 100 cm³/mol. The van der Waals surface area contributed by atoms with Gasteiger partial charge >= 0.3 is 12.3 Å². The fourth-order valence-electron chi connectivity index (χ4n) is 2.15. The van der Waals surface area contributed by atoms with Gasteiger partial charge in [0.2, 0.25) is 0 Å². The molecule has 28 heavy (non-hydrogen) atoms. The lowest BCUT2D eigenvalue weighted by Gasteiger charge is -2.13. The highest BCUT2D eigenvalue weighted by Crippen LogP contribution is 2.19. The van der Waals surface area contributed by atoms with Crippen LogP contribution in [0.4, 0.5) is 13.2 Å². The Morgan fingerprint density at radius 3 is 2.57 bits per heavy atom. The Morgan fingerprint density at radius 2 is 1.93 bits per heavy atom. The number of hydrogen-bond acceptors (Lipinski definition) is 6. The summed E-state index contributed by atoms with van der Waals surface area (Å²) in [5, 5.41) is 0.372. The summed E-state index contributed by atoms with van der Waals surface area (Å²) in [6.45, 7) is 6.13. The van der Waals surface area contributed by atoms with Crippen LogP contribution in [0.15, 0.2) is 28.3 Å². The van der Waals surface area contributed by atoms with Gasteiger partial charge < -0.3 is 4.74 Å². The van der Waals surface area contributed by atoms with Crippen molar-refractivity contribution in [3.63, 3.8) is 0 Å². The minimum Gasteiger partial charge on any atom is -0.462 e. The number of nitrogens with zero attached hydrogens (tertiary/aromatic N) is 2. The molecular weight excluding hydrogens is 397 g/mol. The third-order valence-electron chi connectivity index (χ3n) is 3.61. The average molecular weight is 422 g/mol. The molecule has 0 aliphatic heterocycles. The van der Waals surface area contributed by atoms with Gasteiger partial charge in [-0.05, 0) is 26.7 Å². The van der Waals surface area contributed by atoms with E-state index in [1.807, 2.05) is 0 Å². The molecule has 0 fully saturated rings. The van der Waals surface area contributed by atoms with Gasteiger partial charge in [0.1, 0.15) is 0 Å². The Morgan fingerprint density at radius 1 is 1.25 bits per heavy atom. The molecule has 1 rings (SSSR count). The van der Waals surface area contributed by atoms with Crippen LogP contribution in [0.25, 0.3) is 0 Å². The molecule has 0 radical (unpaired) electrons. The number of thioether (sulfide) groups is 1. The first-order valence-corrected chi connectivity index (χ1v) is 9.83. The van der Waals surface area contributed by atoms with Gasteiger partial charge in [0.25, 0.3) is 5.56 Å². The third kappa shape index (κ3) is 9.41. The third-order valence-corrected chi connectivity index (χ3v) is 4.69. The lowest BCUT2D eigenvalue weighted by molar-refractivity contribution is -0.325. The van der Waals surface area contributed by atoms with Gasteiger partial charge in [-0.15, -0.1) is 13.2 Å². The first-order chi connectivity index (χ1) is 13.1. The second-order valence-electron chi connectivity index (χ2n) is 6.15. The fourth-order valence-corrected chi connectivity index (χ4v) is 3.14. The maximum Gasteiger partial charge on any atom is 0.522 e. The molecule has 0 spiro atoms. The minimum atomic E-state index is -4.73. The molecule has 6 nitrogen and oxygen atoms in total. The van der Waals surface area contributed by atoms with E-state index in [9.17, 15) is 22.8 Å². The predicted octanol–water partition coefficient (Wildman–Crippen LogP) is 3.86. The van der Waals surface area contributed by atoms with Crippen molar-refractivity contribution in [2.75, 3.05) is 19.0 Å². The largest absolute Gasteiger partial charge is 0.522 e. The van der Waals surface area contributed by atoms with Crippen LogP contribution in [0.1, 0.15) is 38.2 Å². The molecule has 10 heteroatoms. The molecule has 0 bridgehead atoms. The van der Waals surface area contributed by atoms with Gasteiger partial charge in [-0.25, -0.2) is 9.78 Å². The number of unbranched alkanes of at least 4 members (excludes halogenated alkanes) is 3. The van der Waals surface area contributed by atoms with Crippen LogP contribution < -0.4 is 5.56 Å². The van der Waals surface area contributed by atoms with Crippen LogP contribution in [0, 0.1) is 6.92 Å². The van der Waals surface area contributed by atoms with Gasteiger partial charge in [0.05, 0.1) is 19.8 Å². The minimum absolute atomic E-state index is 0.219. The van der Waals surface area contributed by atoms with E-state index in [4.69, 9.17) is 4.74 Å². The van der Waals surface area contributed by atoms with E-state index >= 15 is 0 Å². The van der Waals surface area contributed by atoms with Gasteiger partial charge in [-0.3, -0.25) is 14.1 Å². The van der Waals surface area contributed by atoms with E-state index in [0.29, 0.717) is 28.7 Å². The molecule has 0 unspecified atom stereocenters. The van der Waals surface area contributed by atoms with Crippen LogP contribution >= 0.6 is 11.8 Å². The second-order valence-corrected chi connectivity index (χ2v) is 7.22. The number of esters is 1. The highest BCUT2D eigenvalue weighted by atomic mass is 32.2. The molecule has 0 aliphatic carbocycles.